The molecule has 0 fully saturated rings. The predicted octanol–water partition coefficient (Wildman–Crippen LogP) is 0.568. The number of hydrogen-bond donors (Lipinski definition) is 1. The molecule has 4 nitrogen and oxygen atoms in total. The maximum absolute atomic E-state index is 11.3. The molecule has 0 atom stereocenters. The number of carbonyl (C=O) groups excluding carboxylic acids is 1. The van der Waals surface area contributed by atoms with Crippen LogP contribution in [0.3, 0.4) is 0 Å². The van der Waals surface area contributed by atoms with Crippen molar-refractivity contribution in [1.29, 1.82) is 0 Å². The quantitative estimate of drug-likeness (QED) is 0.785. The lowest BCUT2D eigenvalue weighted by molar-refractivity contribution is -0.127. The molecular weight excluding hydrogens is 190 g/mol. The van der Waals surface area contributed by atoms with Gasteiger partial charge in [0.2, 0.25) is 5.91 Å². The summed E-state index contributed by atoms with van der Waals surface area (Å²) in [4.78, 5) is 16.9. The summed E-state index contributed by atoms with van der Waals surface area (Å²) in [6.45, 7) is 3.08. The summed E-state index contributed by atoms with van der Waals surface area (Å²) in [7, 11) is 3.50. The van der Waals surface area contributed by atoms with Crippen LogP contribution in [0.1, 0.15) is 11.1 Å². The molecule has 1 aromatic rings. The minimum Gasteiger partial charge on any atom is -0.348 e. The van der Waals surface area contributed by atoms with E-state index in [4.69, 9.17) is 0 Å². The summed E-state index contributed by atoms with van der Waals surface area (Å²) >= 11 is 0. The van der Waals surface area contributed by atoms with Gasteiger partial charge in [-0.1, -0.05) is 0 Å². The fourth-order valence-electron chi connectivity index (χ4n) is 1.16. The zero-order valence-corrected chi connectivity index (χ0v) is 9.45. The minimum atomic E-state index is 0.0849. The van der Waals surface area contributed by atoms with Gasteiger partial charge in [0.1, 0.15) is 0 Å². The normalized spacial score (nSPS) is 10.1. The molecule has 0 bridgehead atoms. The molecule has 0 radical (unpaired) electrons. The largest absolute Gasteiger partial charge is 0.348 e. The van der Waals surface area contributed by atoms with E-state index >= 15 is 0 Å². The van der Waals surface area contributed by atoms with E-state index in [1.54, 1.807) is 25.2 Å². The van der Waals surface area contributed by atoms with Crippen LogP contribution in [0.25, 0.3) is 0 Å². The third kappa shape index (κ3) is 3.67. The Morgan fingerprint density at radius 3 is 2.87 bits per heavy atom. The summed E-state index contributed by atoms with van der Waals surface area (Å²) < 4.78 is 0. The molecule has 1 N–H and O–H groups in total. The second kappa shape index (κ2) is 5.46. The van der Waals surface area contributed by atoms with E-state index in [0.717, 1.165) is 5.56 Å². The van der Waals surface area contributed by atoms with Crippen LogP contribution in [0, 0.1) is 6.92 Å². The van der Waals surface area contributed by atoms with E-state index < -0.39 is 0 Å². The second-order valence-electron chi connectivity index (χ2n) is 3.69. The Kier molecular flexibility index (Phi) is 4.24. The predicted molar refractivity (Wildman–Crippen MR) is 59.4 cm³/mol. The molecule has 15 heavy (non-hydrogen) atoms. The Labute approximate surface area is 90.3 Å². The highest BCUT2D eigenvalue weighted by Gasteiger charge is 2.03. The average Bonchev–Trinajstić information content (AvgIpc) is 2.20. The van der Waals surface area contributed by atoms with Crippen molar-refractivity contribution in [2.75, 3.05) is 20.6 Å². The molecule has 0 unspecified atom stereocenters. The molecule has 0 aliphatic heterocycles. The van der Waals surface area contributed by atoms with Crippen molar-refractivity contribution in [2.45, 2.75) is 13.5 Å². The first-order valence-corrected chi connectivity index (χ1v) is 4.91. The molecular formula is C11H17N3O. The van der Waals surface area contributed by atoms with Crippen LogP contribution in [0.5, 0.6) is 0 Å². The SMILES string of the molecule is Cc1cnccc1CNCC(=O)N(C)C. The molecule has 82 valence electrons. The van der Waals surface area contributed by atoms with Crippen molar-refractivity contribution in [3.8, 4) is 0 Å². The van der Waals surface area contributed by atoms with Gasteiger partial charge in [-0.25, -0.2) is 0 Å². The van der Waals surface area contributed by atoms with Crippen LogP contribution in [0.15, 0.2) is 18.5 Å². The Hall–Kier alpha value is -1.42. The van der Waals surface area contributed by atoms with Crippen molar-refractivity contribution in [3.05, 3.63) is 29.6 Å². The summed E-state index contributed by atoms with van der Waals surface area (Å²) in [6.07, 6.45) is 3.59. The number of rotatable bonds is 4. The third-order valence-corrected chi connectivity index (χ3v) is 2.23. The first-order valence-electron chi connectivity index (χ1n) is 4.91. The summed E-state index contributed by atoms with van der Waals surface area (Å²) in [5, 5.41) is 3.10. The van der Waals surface area contributed by atoms with Crippen LogP contribution >= 0.6 is 0 Å². The van der Waals surface area contributed by atoms with E-state index in [9.17, 15) is 4.79 Å². The lowest BCUT2D eigenvalue weighted by Gasteiger charge is -2.11. The Morgan fingerprint density at radius 1 is 1.53 bits per heavy atom. The highest BCUT2D eigenvalue weighted by atomic mass is 16.2. The maximum Gasteiger partial charge on any atom is 0.236 e. The molecule has 1 aromatic heterocycles. The van der Waals surface area contributed by atoms with Crippen molar-refractivity contribution in [3.63, 3.8) is 0 Å². The van der Waals surface area contributed by atoms with Gasteiger partial charge in [-0.15, -0.1) is 0 Å². The number of likely N-dealkylation sites (N-methyl/N-ethyl adjacent to an activating group) is 1. The Morgan fingerprint density at radius 2 is 2.27 bits per heavy atom. The molecule has 1 heterocycles. The number of pyridine rings is 1. The van der Waals surface area contributed by atoms with Crippen molar-refractivity contribution in [1.82, 2.24) is 15.2 Å². The van der Waals surface area contributed by atoms with Crippen molar-refractivity contribution >= 4 is 5.91 Å². The number of aromatic nitrogens is 1. The van der Waals surface area contributed by atoms with Crippen LogP contribution < -0.4 is 5.32 Å². The molecule has 0 saturated heterocycles. The highest BCUT2D eigenvalue weighted by molar-refractivity contribution is 5.77. The molecule has 0 aromatic carbocycles. The number of nitrogens with zero attached hydrogens (tertiary/aromatic N) is 2. The third-order valence-electron chi connectivity index (χ3n) is 2.23. The fourth-order valence-corrected chi connectivity index (χ4v) is 1.16. The zero-order chi connectivity index (χ0) is 11.3. The summed E-state index contributed by atoms with van der Waals surface area (Å²) in [5.74, 6) is 0.0849. The second-order valence-corrected chi connectivity index (χ2v) is 3.69. The molecule has 0 aliphatic rings. The van der Waals surface area contributed by atoms with Crippen LogP contribution in [-0.2, 0) is 11.3 Å². The number of amides is 1. The minimum absolute atomic E-state index is 0.0849. The topological polar surface area (TPSA) is 45.2 Å². The first kappa shape index (κ1) is 11.7. The molecule has 1 amide bonds. The van der Waals surface area contributed by atoms with Gasteiger partial charge in [-0.3, -0.25) is 9.78 Å². The lowest BCUT2D eigenvalue weighted by Crippen LogP contribution is -2.32. The van der Waals surface area contributed by atoms with Gasteiger partial charge < -0.3 is 10.2 Å². The van der Waals surface area contributed by atoms with Gasteiger partial charge in [0.25, 0.3) is 0 Å². The summed E-state index contributed by atoms with van der Waals surface area (Å²) in [6, 6.07) is 1.96. The van der Waals surface area contributed by atoms with Gasteiger partial charge in [0, 0.05) is 33.0 Å². The lowest BCUT2D eigenvalue weighted by atomic mass is 10.1. The highest BCUT2D eigenvalue weighted by Crippen LogP contribution is 2.03. The smallest absolute Gasteiger partial charge is 0.236 e. The fraction of sp³-hybridized carbons (Fsp3) is 0.455. The molecule has 0 spiro atoms. The standard InChI is InChI=1S/C11H17N3O/c1-9-6-12-5-4-10(9)7-13-8-11(15)14(2)3/h4-6,13H,7-8H2,1-3H3. The first-order chi connectivity index (χ1) is 7.11. The van der Waals surface area contributed by atoms with Gasteiger partial charge >= 0.3 is 0 Å². The number of nitrogens with one attached hydrogen (secondary N) is 1. The summed E-state index contributed by atoms with van der Waals surface area (Å²) in [5.41, 5.74) is 2.32. The van der Waals surface area contributed by atoms with Crippen LogP contribution in [-0.4, -0.2) is 36.4 Å². The van der Waals surface area contributed by atoms with E-state index in [1.165, 1.54) is 5.56 Å². The average molecular weight is 207 g/mol. The molecule has 1 rings (SSSR count). The number of carbonyl (C=O) groups is 1. The molecule has 4 heteroatoms. The van der Waals surface area contributed by atoms with Crippen molar-refractivity contribution < 1.29 is 4.79 Å². The van der Waals surface area contributed by atoms with Crippen LogP contribution in [0.2, 0.25) is 0 Å². The van der Waals surface area contributed by atoms with Gasteiger partial charge in [-0.2, -0.15) is 0 Å². The van der Waals surface area contributed by atoms with E-state index in [-0.39, 0.29) is 5.91 Å². The van der Waals surface area contributed by atoms with Gasteiger partial charge in [-0.05, 0) is 24.1 Å². The maximum atomic E-state index is 11.3. The van der Waals surface area contributed by atoms with Crippen molar-refractivity contribution in [2.24, 2.45) is 0 Å². The Bertz CT molecular complexity index is 336. The van der Waals surface area contributed by atoms with E-state index in [0.29, 0.717) is 13.1 Å². The molecule has 0 saturated carbocycles. The zero-order valence-electron chi connectivity index (χ0n) is 9.45. The number of aryl methyl sites for hydroxylation is 1. The number of hydrogen-bond acceptors (Lipinski definition) is 3. The molecule has 0 aliphatic carbocycles. The van der Waals surface area contributed by atoms with E-state index in [1.807, 2.05) is 19.2 Å². The van der Waals surface area contributed by atoms with Gasteiger partial charge in [0.15, 0.2) is 0 Å². The monoisotopic (exact) mass is 207 g/mol. The van der Waals surface area contributed by atoms with Crippen LogP contribution in [0.4, 0.5) is 0 Å². The Balaban J connectivity index is 2.38. The van der Waals surface area contributed by atoms with Gasteiger partial charge in [0.05, 0.1) is 6.54 Å². The van der Waals surface area contributed by atoms with E-state index in [2.05, 4.69) is 10.3 Å².